The van der Waals surface area contributed by atoms with Crippen molar-refractivity contribution in [3.05, 3.63) is 34.7 Å². The van der Waals surface area contributed by atoms with Crippen molar-refractivity contribution in [3.63, 3.8) is 0 Å². The summed E-state index contributed by atoms with van der Waals surface area (Å²) < 4.78 is 1.15. The molecule has 1 atom stereocenters. The lowest BCUT2D eigenvalue weighted by Gasteiger charge is -2.23. The Balaban J connectivity index is 2.01. The summed E-state index contributed by atoms with van der Waals surface area (Å²) in [5, 5.41) is 1.18. The summed E-state index contributed by atoms with van der Waals surface area (Å²) in [6.45, 7) is 4.19. The van der Waals surface area contributed by atoms with Crippen LogP contribution in [0, 0.1) is 0 Å². The van der Waals surface area contributed by atoms with Crippen molar-refractivity contribution in [1.82, 2.24) is 10.3 Å². The second-order valence-electron chi connectivity index (χ2n) is 5.55. The summed E-state index contributed by atoms with van der Waals surface area (Å²) in [5.41, 5.74) is 3.41. The maximum Gasteiger partial charge on any atom is 0.275 e. The Hall–Kier alpha value is -1.43. The molecule has 0 aliphatic carbocycles. The van der Waals surface area contributed by atoms with E-state index in [9.17, 15) is 4.79 Å². The molecule has 1 fully saturated rings. The van der Waals surface area contributed by atoms with Gasteiger partial charge in [-0.2, -0.15) is 0 Å². The van der Waals surface area contributed by atoms with Gasteiger partial charge in [-0.1, -0.05) is 25.1 Å². The minimum absolute atomic E-state index is 0.182. The number of carbonyl (C=O) groups excluding carboxylic acids is 1. The third kappa shape index (κ3) is 2.69. The van der Waals surface area contributed by atoms with E-state index in [1.807, 2.05) is 12.1 Å². The molecule has 112 valence electrons. The summed E-state index contributed by atoms with van der Waals surface area (Å²) in [4.78, 5) is 15.3. The number of carbonyl (C=O) groups is 1. The average molecular weight is 303 g/mol. The van der Waals surface area contributed by atoms with Crippen LogP contribution < -0.4 is 11.3 Å². The van der Waals surface area contributed by atoms with Crippen molar-refractivity contribution in [2.75, 3.05) is 6.54 Å². The van der Waals surface area contributed by atoms with Crippen molar-refractivity contribution >= 4 is 27.3 Å². The highest BCUT2D eigenvalue weighted by Crippen LogP contribution is 2.34. The number of nitrogens with one attached hydrogen (secondary N) is 1. The molecule has 0 radical (unpaired) electrons. The Morgan fingerprint density at radius 3 is 3.05 bits per heavy atom. The van der Waals surface area contributed by atoms with Gasteiger partial charge < -0.3 is 0 Å². The number of hydrazine groups is 1. The zero-order chi connectivity index (χ0) is 14.8. The van der Waals surface area contributed by atoms with E-state index in [0.717, 1.165) is 28.2 Å². The molecule has 2 aromatic rings. The van der Waals surface area contributed by atoms with Crippen LogP contribution in [0.15, 0.2) is 24.3 Å². The highest BCUT2D eigenvalue weighted by molar-refractivity contribution is 7.21. The van der Waals surface area contributed by atoms with Gasteiger partial charge in [-0.3, -0.25) is 15.1 Å². The lowest BCUT2D eigenvalue weighted by Crippen LogP contribution is -2.32. The summed E-state index contributed by atoms with van der Waals surface area (Å²) >= 11 is 1.53. The van der Waals surface area contributed by atoms with Crippen molar-refractivity contribution in [2.24, 2.45) is 5.84 Å². The third-order valence-electron chi connectivity index (χ3n) is 4.37. The van der Waals surface area contributed by atoms with Gasteiger partial charge >= 0.3 is 0 Å². The fourth-order valence-electron chi connectivity index (χ4n) is 3.27. The molecule has 5 heteroatoms. The van der Waals surface area contributed by atoms with Crippen LogP contribution in [0.4, 0.5) is 0 Å². The van der Waals surface area contributed by atoms with Crippen molar-refractivity contribution in [3.8, 4) is 0 Å². The van der Waals surface area contributed by atoms with Crippen LogP contribution in [0.3, 0.4) is 0 Å². The maximum atomic E-state index is 12.1. The number of nitrogens with two attached hydrogens (primary N) is 1. The molecule has 1 amide bonds. The van der Waals surface area contributed by atoms with Gasteiger partial charge in [0.05, 0.1) is 4.88 Å². The smallest absolute Gasteiger partial charge is 0.275 e. The highest BCUT2D eigenvalue weighted by atomic mass is 32.1. The predicted octanol–water partition coefficient (Wildman–Crippen LogP) is 2.88. The van der Waals surface area contributed by atoms with Gasteiger partial charge in [0, 0.05) is 17.3 Å². The Bertz CT molecular complexity index is 652. The second kappa shape index (κ2) is 6.13. The first-order valence-corrected chi connectivity index (χ1v) is 8.31. The van der Waals surface area contributed by atoms with Crippen LogP contribution in [0.25, 0.3) is 10.1 Å². The predicted molar refractivity (Wildman–Crippen MR) is 87.2 cm³/mol. The number of thiophene rings is 1. The molecule has 0 bridgehead atoms. The Morgan fingerprint density at radius 2 is 2.29 bits per heavy atom. The van der Waals surface area contributed by atoms with Crippen molar-refractivity contribution < 1.29 is 4.79 Å². The van der Waals surface area contributed by atoms with Gasteiger partial charge in [-0.05, 0) is 42.8 Å². The highest BCUT2D eigenvalue weighted by Gasteiger charge is 2.26. The summed E-state index contributed by atoms with van der Waals surface area (Å²) in [5.74, 6) is 5.17. The molecule has 0 spiro atoms. The molecule has 1 aromatic carbocycles. The molecule has 2 heterocycles. The lowest BCUT2D eigenvalue weighted by molar-refractivity contribution is 0.0955. The molecule has 1 unspecified atom stereocenters. The first kappa shape index (κ1) is 14.5. The zero-order valence-electron chi connectivity index (χ0n) is 12.3. The van der Waals surface area contributed by atoms with Crippen LogP contribution >= 0.6 is 11.3 Å². The van der Waals surface area contributed by atoms with Crippen molar-refractivity contribution in [1.29, 1.82) is 0 Å². The van der Waals surface area contributed by atoms with Gasteiger partial charge in [0.1, 0.15) is 0 Å². The lowest BCUT2D eigenvalue weighted by atomic mass is 10.1. The van der Waals surface area contributed by atoms with E-state index in [4.69, 9.17) is 5.84 Å². The van der Waals surface area contributed by atoms with Crippen LogP contribution in [0.1, 0.15) is 41.4 Å². The number of likely N-dealkylation sites (tertiary alicyclic amines) is 1. The van der Waals surface area contributed by atoms with Crippen LogP contribution in [0.2, 0.25) is 0 Å². The fourth-order valence-corrected chi connectivity index (χ4v) is 4.39. The van der Waals surface area contributed by atoms with Crippen LogP contribution in [-0.2, 0) is 6.54 Å². The fraction of sp³-hybridized carbons (Fsp3) is 0.438. The van der Waals surface area contributed by atoms with Crippen LogP contribution in [-0.4, -0.2) is 23.4 Å². The zero-order valence-corrected chi connectivity index (χ0v) is 13.1. The monoisotopic (exact) mass is 303 g/mol. The minimum Gasteiger partial charge on any atom is -0.296 e. The van der Waals surface area contributed by atoms with E-state index in [1.54, 1.807) is 0 Å². The van der Waals surface area contributed by atoms with Gasteiger partial charge in [0.2, 0.25) is 0 Å². The van der Waals surface area contributed by atoms with E-state index in [2.05, 4.69) is 29.4 Å². The SMILES string of the molecule is CCC1CCCN1Cc1c(C(=O)NN)sc2ccccc12. The summed E-state index contributed by atoms with van der Waals surface area (Å²) in [7, 11) is 0. The van der Waals surface area contributed by atoms with Crippen LogP contribution in [0.5, 0.6) is 0 Å². The minimum atomic E-state index is -0.182. The average Bonchev–Trinajstić information content (AvgIpc) is 3.11. The largest absolute Gasteiger partial charge is 0.296 e. The van der Waals surface area contributed by atoms with E-state index < -0.39 is 0 Å². The number of hydrogen-bond donors (Lipinski definition) is 2. The number of nitrogen functional groups attached to an aromatic ring is 1. The van der Waals surface area contributed by atoms with Crippen molar-refractivity contribution in [2.45, 2.75) is 38.8 Å². The Labute approximate surface area is 128 Å². The number of fused-ring (bicyclic) bond motifs is 1. The quantitative estimate of drug-likeness (QED) is 0.519. The molecule has 0 saturated carbocycles. The summed E-state index contributed by atoms with van der Waals surface area (Å²) in [6.07, 6.45) is 3.68. The van der Waals surface area contributed by atoms with E-state index in [-0.39, 0.29) is 5.91 Å². The summed E-state index contributed by atoms with van der Waals surface area (Å²) in [6, 6.07) is 8.85. The van der Waals surface area contributed by atoms with Gasteiger partial charge in [-0.15, -0.1) is 11.3 Å². The maximum absolute atomic E-state index is 12.1. The first-order valence-electron chi connectivity index (χ1n) is 7.50. The number of benzene rings is 1. The number of nitrogens with zero attached hydrogens (tertiary/aromatic N) is 1. The molecule has 3 N–H and O–H groups in total. The molecule has 4 nitrogen and oxygen atoms in total. The van der Waals surface area contributed by atoms with E-state index >= 15 is 0 Å². The van der Waals surface area contributed by atoms with E-state index in [1.165, 1.54) is 36.0 Å². The number of hydrogen-bond acceptors (Lipinski definition) is 4. The Morgan fingerprint density at radius 1 is 1.48 bits per heavy atom. The molecule has 1 aliphatic rings. The van der Waals surface area contributed by atoms with Gasteiger partial charge in [0.25, 0.3) is 5.91 Å². The molecule has 21 heavy (non-hydrogen) atoms. The van der Waals surface area contributed by atoms with Gasteiger partial charge in [0.15, 0.2) is 0 Å². The standard InChI is InChI=1S/C16H21N3OS/c1-2-11-6-5-9-19(11)10-13-12-7-3-4-8-14(12)21-15(13)16(20)18-17/h3-4,7-8,11H,2,5-6,9-10,17H2,1H3,(H,18,20). The normalized spacial score (nSPS) is 19.2. The molecule has 1 aromatic heterocycles. The second-order valence-corrected chi connectivity index (χ2v) is 6.61. The Kier molecular flexibility index (Phi) is 4.24. The third-order valence-corrected chi connectivity index (χ3v) is 5.58. The molecule has 3 rings (SSSR count). The molecule has 1 saturated heterocycles. The number of rotatable bonds is 4. The van der Waals surface area contributed by atoms with E-state index in [0.29, 0.717) is 6.04 Å². The van der Waals surface area contributed by atoms with Gasteiger partial charge in [-0.25, -0.2) is 5.84 Å². The number of amides is 1. The molecular weight excluding hydrogens is 282 g/mol. The first-order chi connectivity index (χ1) is 10.2. The molecular formula is C16H21N3OS. The topological polar surface area (TPSA) is 58.4 Å². The molecule has 1 aliphatic heterocycles.